The van der Waals surface area contributed by atoms with E-state index in [0.29, 0.717) is 41.7 Å². The first-order valence-corrected chi connectivity index (χ1v) is 8.01. The maximum atomic E-state index is 12.3. The van der Waals surface area contributed by atoms with Crippen molar-refractivity contribution in [1.29, 1.82) is 0 Å². The summed E-state index contributed by atoms with van der Waals surface area (Å²) >= 11 is 11.8. The quantitative estimate of drug-likeness (QED) is 0.713. The molecule has 1 aromatic carbocycles. The zero-order chi connectivity index (χ0) is 16.9. The molecule has 0 saturated carbocycles. The fourth-order valence-electron chi connectivity index (χ4n) is 2.46. The topological polar surface area (TPSA) is 79.5 Å². The Morgan fingerprint density at radius 3 is 2.58 bits per heavy atom. The lowest BCUT2D eigenvalue weighted by molar-refractivity contribution is -0.147. The third-order valence-electron chi connectivity index (χ3n) is 3.83. The third kappa shape index (κ3) is 5.22. The molecule has 2 amide bonds. The lowest BCUT2D eigenvalue weighted by Crippen LogP contribution is -2.55. The minimum Gasteiger partial charge on any atom is -0.368 e. The Balaban J connectivity index is 0.00000288. The van der Waals surface area contributed by atoms with Crippen molar-refractivity contribution in [3.8, 4) is 0 Å². The zero-order valence-electron chi connectivity index (χ0n) is 13.2. The fraction of sp³-hybridized carbons (Fsp3) is 0.467. The average molecular weight is 397 g/mol. The fourth-order valence-corrected chi connectivity index (χ4v) is 2.80. The van der Waals surface area contributed by atoms with Gasteiger partial charge in [-0.1, -0.05) is 23.2 Å². The Bertz CT molecular complexity index is 593. The highest BCUT2D eigenvalue weighted by molar-refractivity contribution is 6.35. The Kier molecular flexibility index (Phi) is 8.26. The summed E-state index contributed by atoms with van der Waals surface area (Å²) in [5.74, 6) is -0.670. The van der Waals surface area contributed by atoms with Crippen LogP contribution in [-0.2, 0) is 14.3 Å². The molecule has 0 atom stereocenters. The van der Waals surface area contributed by atoms with Gasteiger partial charge >= 0.3 is 0 Å². The van der Waals surface area contributed by atoms with Crippen molar-refractivity contribution in [2.24, 2.45) is 0 Å². The number of benzene rings is 1. The standard InChI is InChI=1S/C15H19Cl2N3O3.ClH/c1-23-15(4-6-18-7-5-15)14(22)19-9-13(21)20-12-8-10(16)2-3-11(12)17;/h2-3,8,18H,4-7,9H2,1H3,(H,19,22)(H,20,21);1H. The van der Waals surface area contributed by atoms with Crippen LogP contribution in [0.25, 0.3) is 0 Å². The molecule has 1 saturated heterocycles. The summed E-state index contributed by atoms with van der Waals surface area (Å²) in [6, 6.07) is 4.76. The number of amides is 2. The number of methoxy groups -OCH3 is 1. The van der Waals surface area contributed by atoms with Crippen LogP contribution in [0, 0.1) is 0 Å². The third-order valence-corrected chi connectivity index (χ3v) is 4.39. The second kappa shape index (κ2) is 9.44. The van der Waals surface area contributed by atoms with Crippen LogP contribution >= 0.6 is 35.6 Å². The van der Waals surface area contributed by atoms with Crippen molar-refractivity contribution in [2.75, 3.05) is 32.1 Å². The van der Waals surface area contributed by atoms with E-state index in [2.05, 4.69) is 16.0 Å². The lowest BCUT2D eigenvalue weighted by atomic mass is 9.91. The number of hydrogen-bond acceptors (Lipinski definition) is 4. The van der Waals surface area contributed by atoms with Crippen LogP contribution in [-0.4, -0.2) is 44.2 Å². The lowest BCUT2D eigenvalue weighted by Gasteiger charge is -2.34. The first kappa shape index (κ1) is 21.0. The second-order valence-electron chi connectivity index (χ2n) is 5.30. The molecule has 134 valence electrons. The average Bonchev–Trinajstić information content (AvgIpc) is 2.56. The number of carbonyl (C=O) groups is 2. The van der Waals surface area contributed by atoms with Gasteiger partial charge in [0.25, 0.3) is 5.91 Å². The van der Waals surface area contributed by atoms with Gasteiger partial charge in [0, 0.05) is 12.1 Å². The Morgan fingerprint density at radius 1 is 1.29 bits per heavy atom. The van der Waals surface area contributed by atoms with E-state index in [9.17, 15) is 9.59 Å². The van der Waals surface area contributed by atoms with Gasteiger partial charge in [-0.15, -0.1) is 12.4 Å². The second-order valence-corrected chi connectivity index (χ2v) is 6.15. The van der Waals surface area contributed by atoms with E-state index in [0.717, 1.165) is 0 Å². The molecule has 0 bridgehead atoms. The van der Waals surface area contributed by atoms with E-state index < -0.39 is 5.60 Å². The predicted octanol–water partition coefficient (Wildman–Crippen LogP) is 2.24. The molecular weight excluding hydrogens is 377 g/mol. The monoisotopic (exact) mass is 395 g/mol. The molecule has 6 nitrogen and oxygen atoms in total. The minimum absolute atomic E-state index is 0. The summed E-state index contributed by atoms with van der Waals surface area (Å²) < 4.78 is 5.40. The molecule has 1 aliphatic rings. The van der Waals surface area contributed by atoms with E-state index in [1.807, 2.05) is 0 Å². The molecular formula is C15H20Cl3N3O3. The maximum Gasteiger partial charge on any atom is 0.252 e. The summed E-state index contributed by atoms with van der Waals surface area (Å²) in [4.78, 5) is 24.3. The van der Waals surface area contributed by atoms with Gasteiger partial charge in [0.05, 0.1) is 17.3 Å². The summed E-state index contributed by atoms with van der Waals surface area (Å²) in [6.45, 7) is 1.23. The molecule has 2 rings (SSSR count). The molecule has 3 N–H and O–H groups in total. The van der Waals surface area contributed by atoms with E-state index in [1.54, 1.807) is 18.2 Å². The Hall–Kier alpha value is -1.05. The summed E-state index contributed by atoms with van der Waals surface area (Å²) in [6.07, 6.45) is 1.13. The number of carbonyl (C=O) groups excluding carboxylic acids is 2. The van der Waals surface area contributed by atoms with Gasteiger partial charge < -0.3 is 20.7 Å². The van der Waals surface area contributed by atoms with Gasteiger partial charge in [0.15, 0.2) is 0 Å². The number of ether oxygens (including phenoxy) is 1. The molecule has 0 unspecified atom stereocenters. The van der Waals surface area contributed by atoms with Crippen molar-refractivity contribution in [1.82, 2.24) is 10.6 Å². The molecule has 1 aromatic rings. The van der Waals surface area contributed by atoms with Gasteiger partial charge in [-0.3, -0.25) is 9.59 Å². The molecule has 0 aliphatic carbocycles. The molecule has 1 fully saturated rings. The first-order chi connectivity index (χ1) is 11.0. The largest absolute Gasteiger partial charge is 0.368 e. The van der Waals surface area contributed by atoms with E-state index in [1.165, 1.54) is 7.11 Å². The number of nitrogens with one attached hydrogen (secondary N) is 3. The Labute approximate surface area is 157 Å². The van der Waals surface area contributed by atoms with Crippen LogP contribution in [0.2, 0.25) is 10.0 Å². The van der Waals surface area contributed by atoms with Crippen molar-refractivity contribution >= 4 is 53.1 Å². The predicted molar refractivity (Wildman–Crippen MR) is 97.2 cm³/mol. The highest BCUT2D eigenvalue weighted by atomic mass is 35.5. The highest BCUT2D eigenvalue weighted by Crippen LogP contribution is 2.25. The summed E-state index contributed by atoms with van der Waals surface area (Å²) in [5.41, 5.74) is -0.471. The number of anilines is 1. The Morgan fingerprint density at radius 2 is 1.96 bits per heavy atom. The molecule has 9 heteroatoms. The molecule has 24 heavy (non-hydrogen) atoms. The van der Waals surface area contributed by atoms with Crippen LogP contribution < -0.4 is 16.0 Å². The molecule has 0 aromatic heterocycles. The normalized spacial score (nSPS) is 16.0. The van der Waals surface area contributed by atoms with Crippen LogP contribution in [0.4, 0.5) is 5.69 Å². The number of piperidine rings is 1. The van der Waals surface area contributed by atoms with E-state index >= 15 is 0 Å². The number of hydrogen-bond donors (Lipinski definition) is 3. The molecule has 0 radical (unpaired) electrons. The van der Waals surface area contributed by atoms with Crippen LogP contribution in [0.5, 0.6) is 0 Å². The van der Waals surface area contributed by atoms with Gasteiger partial charge in [-0.05, 0) is 44.1 Å². The molecule has 1 aliphatic heterocycles. The van der Waals surface area contributed by atoms with E-state index in [-0.39, 0.29) is 30.8 Å². The SMILES string of the molecule is COC1(C(=O)NCC(=O)Nc2cc(Cl)ccc2Cl)CCNCC1.Cl. The van der Waals surface area contributed by atoms with Crippen molar-refractivity contribution in [2.45, 2.75) is 18.4 Å². The number of halogens is 3. The van der Waals surface area contributed by atoms with Gasteiger partial charge in [0.2, 0.25) is 5.91 Å². The van der Waals surface area contributed by atoms with Crippen LogP contribution in [0.15, 0.2) is 18.2 Å². The van der Waals surface area contributed by atoms with Gasteiger partial charge in [0.1, 0.15) is 5.60 Å². The highest BCUT2D eigenvalue weighted by Gasteiger charge is 2.39. The summed E-state index contributed by atoms with van der Waals surface area (Å²) in [7, 11) is 1.51. The number of rotatable bonds is 5. The first-order valence-electron chi connectivity index (χ1n) is 7.26. The van der Waals surface area contributed by atoms with Gasteiger partial charge in [-0.25, -0.2) is 0 Å². The molecule has 0 spiro atoms. The van der Waals surface area contributed by atoms with E-state index in [4.69, 9.17) is 27.9 Å². The van der Waals surface area contributed by atoms with Crippen LogP contribution in [0.3, 0.4) is 0 Å². The minimum atomic E-state index is -0.876. The van der Waals surface area contributed by atoms with Crippen molar-refractivity contribution in [3.05, 3.63) is 28.2 Å². The molecule has 1 heterocycles. The summed E-state index contributed by atoms with van der Waals surface area (Å²) in [5, 5.41) is 9.24. The maximum absolute atomic E-state index is 12.3. The van der Waals surface area contributed by atoms with Gasteiger partial charge in [-0.2, -0.15) is 0 Å². The zero-order valence-corrected chi connectivity index (χ0v) is 15.5. The van der Waals surface area contributed by atoms with Crippen LogP contribution in [0.1, 0.15) is 12.8 Å². The smallest absolute Gasteiger partial charge is 0.252 e. The van der Waals surface area contributed by atoms with Crippen molar-refractivity contribution in [3.63, 3.8) is 0 Å². The van der Waals surface area contributed by atoms with Crippen molar-refractivity contribution < 1.29 is 14.3 Å².